The van der Waals surface area contributed by atoms with Gasteiger partial charge in [-0.25, -0.2) is 0 Å². The summed E-state index contributed by atoms with van der Waals surface area (Å²) in [6.07, 6.45) is 0. The summed E-state index contributed by atoms with van der Waals surface area (Å²) in [5.41, 5.74) is 4.02. The van der Waals surface area contributed by atoms with Crippen molar-refractivity contribution in [2.45, 2.75) is 26.3 Å². The molecule has 0 bridgehead atoms. The second-order valence-corrected chi connectivity index (χ2v) is 8.86. The quantitative estimate of drug-likeness (QED) is 0.346. The van der Waals surface area contributed by atoms with Gasteiger partial charge in [-0.2, -0.15) is 4.99 Å². The molecule has 4 aromatic rings. The number of rotatable bonds is 5. The summed E-state index contributed by atoms with van der Waals surface area (Å²) in [4.78, 5) is 19.9. The molecule has 0 spiro atoms. The van der Waals surface area contributed by atoms with Crippen LogP contribution in [0.25, 0.3) is 11.3 Å². The summed E-state index contributed by atoms with van der Waals surface area (Å²) >= 11 is 7.61. The van der Waals surface area contributed by atoms with E-state index in [4.69, 9.17) is 11.6 Å². The summed E-state index contributed by atoms with van der Waals surface area (Å²) in [5.74, 6) is -0.599. The first-order valence-electron chi connectivity index (χ1n) is 10.2. The molecule has 1 aromatic heterocycles. The normalized spacial score (nSPS) is 11.8. The van der Waals surface area contributed by atoms with Crippen LogP contribution in [-0.2, 0) is 11.3 Å². The predicted octanol–water partition coefficient (Wildman–Crippen LogP) is 6.46. The van der Waals surface area contributed by atoms with Crippen LogP contribution in [0.5, 0.6) is 0 Å². The number of nitrogens with zero attached hydrogens (tertiary/aromatic N) is 2. The number of thiazole rings is 1. The number of benzene rings is 3. The molecule has 0 unspecified atom stereocenters. The van der Waals surface area contributed by atoms with E-state index in [9.17, 15) is 4.79 Å². The van der Waals surface area contributed by atoms with Gasteiger partial charge in [0.1, 0.15) is 0 Å². The Morgan fingerprint density at radius 1 is 0.935 bits per heavy atom. The minimum absolute atomic E-state index is 0.163. The molecule has 31 heavy (non-hydrogen) atoms. The summed E-state index contributed by atoms with van der Waals surface area (Å²) in [6, 6.07) is 27.5. The molecule has 0 atom stereocenters. The van der Waals surface area contributed by atoms with Crippen molar-refractivity contribution >= 4 is 28.8 Å². The van der Waals surface area contributed by atoms with Crippen LogP contribution < -0.4 is 4.80 Å². The summed E-state index contributed by atoms with van der Waals surface area (Å²) in [5, 5.41) is 0.702. The van der Waals surface area contributed by atoms with E-state index in [1.807, 2.05) is 84.9 Å². The van der Waals surface area contributed by atoms with E-state index in [1.54, 1.807) is 11.3 Å². The van der Waals surface area contributed by atoms with Gasteiger partial charge in [0.15, 0.2) is 4.80 Å². The molecule has 0 fully saturated rings. The Morgan fingerprint density at radius 2 is 1.48 bits per heavy atom. The zero-order valence-corrected chi connectivity index (χ0v) is 19.0. The van der Waals surface area contributed by atoms with Crippen molar-refractivity contribution in [2.24, 2.45) is 4.99 Å². The number of hydrogen-bond acceptors (Lipinski definition) is 2. The topological polar surface area (TPSA) is 34.4 Å². The molecule has 0 aliphatic rings. The fraction of sp³-hybridized carbons (Fsp3) is 0.154. The molecule has 1 amide bonds. The van der Waals surface area contributed by atoms with Crippen LogP contribution in [0.15, 0.2) is 89.9 Å². The molecule has 1 heterocycles. The smallest absolute Gasteiger partial charge is 0.260 e. The second kappa shape index (κ2) is 9.46. The van der Waals surface area contributed by atoms with E-state index in [0.717, 1.165) is 33.8 Å². The maximum absolute atomic E-state index is 13.5. The van der Waals surface area contributed by atoms with Gasteiger partial charge in [-0.15, -0.1) is 11.3 Å². The summed E-state index contributed by atoms with van der Waals surface area (Å²) in [7, 11) is 0. The molecule has 3 aromatic carbocycles. The third kappa shape index (κ3) is 4.55. The summed E-state index contributed by atoms with van der Waals surface area (Å²) in [6.45, 7) is 4.85. The van der Waals surface area contributed by atoms with E-state index in [0.29, 0.717) is 9.82 Å². The monoisotopic (exact) mass is 446 g/mol. The third-order valence-corrected chi connectivity index (χ3v) is 6.48. The molecule has 0 saturated carbocycles. The third-order valence-electron chi connectivity index (χ3n) is 5.23. The highest BCUT2D eigenvalue weighted by Crippen LogP contribution is 2.28. The van der Waals surface area contributed by atoms with Crippen molar-refractivity contribution < 1.29 is 4.79 Å². The van der Waals surface area contributed by atoms with Crippen molar-refractivity contribution in [1.82, 2.24) is 4.57 Å². The Morgan fingerprint density at radius 3 is 2.00 bits per heavy atom. The number of aryl methyl sites for hydroxylation is 1. The molecule has 5 heteroatoms. The lowest BCUT2D eigenvalue weighted by atomic mass is 9.91. The highest BCUT2D eigenvalue weighted by Gasteiger charge is 2.23. The SMILES string of the molecule is CCn1c(-c2ccc(Cl)cc2)c(C)sc1=NC(=O)C(c1ccccc1)c1ccccc1. The zero-order valence-electron chi connectivity index (χ0n) is 17.5. The van der Waals surface area contributed by atoms with Crippen LogP contribution >= 0.6 is 22.9 Å². The van der Waals surface area contributed by atoms with Gasteiger partial charge in [0.2, 0.25) is 0 Å². The fourth-order valence-corrected chi connectivity index (χ4v) is 4.99. The Bertz CT molecular complexity index is 1200. The molecule has 3 nitrogen and oxygen atoms in total. The lowest BCUT2D eigenvalue weighted by Gasteiger charge is -2.14. The van der Waals surface area contributed by atoms with E-state index < -0.39 is 5.92 Å². The van der Waals surface area contributed by atoms with Crippen molar-refractivity contribution in [2.75, 3.05) is 0 Å². The fourth-order valence-electron chi connectivity index (χ4n) is 3.80. The maximum Gasteiger partial charge on any atom is 0.260 e. The van der Waals surface area contributed by atoms with Crippen molar-refractivity contribution in [3.8, 4) is 11.3 Å². The Hall–Kier alpha value is -2.95. The largest absolute Gasteiger partial charge is 0.316 e. The first-order valence-corrected chi connectivity index (χ1v) is 11.4. The van der Waals surface area contributed by atoms with Crippen molar-refractivity contribution in [3.05, 3.63) is 111 Å². The summed E-state index contributed by atoms with van der Waals surface area (Å²) < 4.78 is 2.11. The predicted molar refractivity (Wildman–Crippen MR) is 128 cm³/mol. The number of carbonyl (C=O) groups excluding carboxylic acids is 1. The van der Waals surface area contributed by atoms with Gasteiger partial charge in [0.05, 0.1) is 11.6 Å². The van der Waals surface area contributed by atoms with Crippen LogP contribution in [0.2, 0.25) is 5.02 Å². The molecule has 156 valence electrons. The van der Waals surface area contributed by atoms with Gasteiger partial charge in [0.25, 0.3) is 5.91 Å². The Balaban J connectivity index is 1.82. The first-order chi connectivity index (χ1) is 15.1. The molecule has 4 rings (SSSR count). The zero-order chi connectivity index (χ0) is 21.8. The molecular weight excluding hydrogens is 424 g/mol. The van der Waals surface area contributed by atoms with Crippen molar-refractivity contribution in [3.63, 3.8) is 0 Å². The van der Waals surface area contributed by atoms with E-state index in [-0.39, 0.29) is 5.91 Å². The maximum atomic E-state index is 13.5. The molecule has 0 N–H and O–H groups in total. The van der Waals surface area contributed by atoms with Crippen LogP contribution in [0, 0.1) is 6.92 Å². The number of aromatic nitrogens is 1. The molecule has 0 saturated heterocycles. The van der Waals surface area contributed by atoms with Gasteiger partial charge in [0, 0.05) is 16.4 Å². The van der Waals surface area contributed by atoms with Crippen molar-refractivity contribution in [1.29, 1.82) is 0 Å². The molecule has 0 radical (unpaired) electrons. The van der Waals surface area contributed by atoms with E-state index >= 15 is 0 Å². The average Bonchev–Trinajstić information content (AvgIpc) is 3.10. The number of amides is 1. The van der Waals surface area contributed by atoms with Crippen LogP contribution in [0.4, 0.5) is 0 Å². The van der Waals surface area contributed by atoms with E-state index in [1.165, 1.54) is 0 Å². The second-order valence-electron chi connectivity index (χ2n) is 7.25. The number of hydrogen-bond donors (Lipinski definition) is 0. The minimum atomic E-state index is -0.436. The van der Waals surface area contributed by atoms with Gasteiger partial charge in [-0.1, -0.05) is 84.4 Å². The Labute approximate surface area is 191 Å². The lowest BCUT2D eigenvalue weighted by Crippen LogP contribution is -2.20. The number of carbonyl (C=O) groups is 1. The minimum Gasteiger partial charge on any atom is -0.316 e. The average molecular weight is 447 g/mol. The first kappa shape index (κ1) is 21.3. The van der Waals surface area contributed by atoms with Crippen LogP contribution in [0.1, 0.15) is 28.8 Å². The molecular formula is C26H23ClN2OS. The highest BCUT2D eigenvalue weighted by atomic mass is 35.5. The van der Waals surface area contributed by atoms with Crippen LogP contribution in [0.3, 0.4) is 0 Å². The van der Waals surface area contributed by atoms with Gasteiger partial charge >= 0.3 is 0 Å². The van der Waals surface area contributed by atoms with Gasteiger partial charge in [-0.05, 0) is 42.7 Å². The highest BCUT2D eigenvalue weighted by molar-refractivity contribution is 7.09. The van der Waals surface area contributed by atoms with E-state index in [2.05, 4.69) is 23.4 Å². The molecule has 0 aliphatic heterocycles. The van der Waals surface area contributed by atoms with Gasteiger partial charge in [-0.3, -0.25) is 4.79 Å². The molecule has 0 aliphatic carbocycles. The Kier molecular flexibility index (Phi) is 6.50. The standard InChI is InChI=1S/C26H23ClN2OS/c1-3-29-24(21-14-16-22(27)17-15-21)18(2)31-26(29)28-25(30)23(19-10-6-4-7-11-19)20-12-8-5-9-13-20/h4-17,23H,3H2,1-2H3. The number of halogens is 1. The van der Waals surface area contributed by atoms with Crippen LogP contribution in [-0.4, -0.2) is 10.5 Å². The van der Waals surface area contributed by atoms with Gasteiger partial charge < -0.3 is 4.57 Å². The lowest BCUT2D eigenvalue weighted by molar-refractivity contribution is -0.118.